The predicted octanol–water partition coefficient (Wildman–Crippen LogP) is 0.386. The van der Waals surface area contributed by atoms with Gasteiger partial charge in [-0.25, -0.2) is 4.79 Å². The molecule has 0 heterocycles. The van der Waals surface area contributed by atoms with E-state index in [1.807, 2.05) is 6.92 Å². The van der Waals surface area contributed by atoms with Crippen LogP contribution in [0, 0.1) is 0 Å². The molecule has 0 fully saturated rings. The summed E-state index contributed by atoms with van der Waals surface area (Å²) >= 11 is 0. The van der Waals surface area contributed by atoms with E-state index < -0.39 is 0 Å². The lowest BCUT2D eigenvalue weighted by molar-refractivity contribution is -0.278. The maximum Gasteiger partial charge on any atom is 0.453 e. The average molecular weight is 133 g/mol. The van der Waals surface area contributed by atoms with Gasteiger partial charge in [-0.15, -0.1) is 0 Å². The van der Waals surface area contributed by atoms with Crippen LogP contribution in [0.3, 0.4) is 0 Å². The van der Waals surface area contributed by atoms with E-state index in [4.69, 9.17) is 4.74 Å². The van der Waals surface area contributed by atoms with Crippen LogP contribution in [-0.4, -0.2) is 19.9 Å². The maximum absolute atomic E-state index is 9.31. The van der Waals surface area contributed by atoms with E-state index in [2.05, 4.69) is 9.78 Å². The summed E-state index contributed by atoms with van der Waals surface area (Å²) in [6, 6.07) is 0. The van der Waals surface area contributed by atoms with E-state index in [1.165, 1.54) is 0 Å². The molecule has 0 bridgehead atoms. The SMILES string of the molecule is CCCOCOO[C]=O. The predicted molar refractivity (Wildman–Crippen MR) is 29.0 cm³/mol. The highest BCUT2D eigenvalue weighted by atomic mass is 17.2. The normalized spacial score (nSPS) is 9.00. The second kappa shape index (κ2) is 7.39. The zero-order valence-corrected chi connectivity index (χ0v) is 5.25. The van der Waals surface area contributed by atoms with Crippen molar-refractivity contribution < 1.29 is 19.3 Å². The third-order valence-electron chi connectivity index (χ3n) is 0.573. The fraction of sp³-hybridized carbons (Fsp3) is 0.800. The Kier molecular flexibility index (Phi) is 6.89. The average Bonchev–Trinajstić information content (AvgIpc) is 1.89. The second-order valence-corrected chi connectivity index (χ2v) is 1.31. The van der Waals surface area contributed by atoms with Crippen LogP contribution in [0.15, 0.2) is 0 Å². The van der Waals surface area contributed by atoms with Crippen LogP contribution < -0.4 is 0 Å². The zero-order chi connectivity index (χ0) is 6.95. The molecule has 0 saturated carbocycles. The molecule has 0 aliphatic carbocycles. The van der Waals surface area contributed by atoms with Gasteiger partial charge in [-0.2, -0.15) is 4.89 Å². The Balaban J connectivity index is 2.66. The monoisotopic (exact) mass is 133 g/mol. The minimum atomic E-state index is -0.0247. The summed E-state index contributed by atoms with van der Waals surface area (Å²) < 4.78 is 4.76. The summed E-state index contributed by atoms with van der Waals surface area (Å²) in [4.78, 5) is 17.2. The van der Waals surface area contributed by atoms with Gasteiger partial charge in [0.15, 0.2) is 6.79 Å². The van der Waals surface area contributed by atoms with Crippen molar-refractivity contribution in [3.8, 4) is 0 Å². The standard InChI is InChI=1S/C5H9O4/c1-2-3-7-5-9-8-4-6/h2-3,5H2,1H3. The first-order valence-electron chi connectivity index (χ1n) is 2.65. The Hall–Kier alpha value is -0.610. The van der Waals surface area contributed by atoms with Gasteiger partial charge in [0, 0.05) is 6.61 Å². The van der Waals surface area contributed by atoms with Crippen molar-refractivity contribution in [2.45, 2.75) is 13.3 Å². The highest BCUT2D eigenvalue weighted by Crippen LogP contribution is 1.80. The van der Waals surface area contributed by atoms with Crippen molar-refractivity contribution in [2.24, 2.45) is 0 Å². The lowest BCUT2D eigenvalue weighted by Crippen LogP contribution is -2.00. The number of hydrogen-bond acceptors (Lipinski definition) is 4. The fourth-order valence-corrected chi connectivity index (χ4v) is 0.285. The van der Waals surface area contributed by atoms with Crippen LogP contribution in [0.4, 0.5) is 0 Å². The van der Waals surface area contributed by atoms with Crippen molar-refractivity contribution in [1.82, 2.24) is 0 Å². The van der Waals surface area contributed by atoms with Crippen LogP contribution in [0.25, 0.3) is 0 Å². The van der Waals surface area contributed by atoms with Crippen LogP contribution >= 0.6 is 0 Å². The topological polar surface area (TPSA) is 44.8 Å². The van der Waals surface area contributed by atoms with Crippen molar-refractivity contribution in [3.63, 3.8) is 0 Å². The molecule has 1 radical (unpaired) electrons. The number of carbonyl (C=O) groups excluding carboxylic acids is 1. The van der Waals surface area contributed by atoms with Gasteiger partial charge < -0.3 is 4.74 Å². The molecule has 0 aromatic rings. The first kappa shape index (κ1) is 8.39. The van der Waals surface area contributed by atoms with Crippen LogP contribution in [0.5, 0.6) is 0 Å². The van der Waals surface area contributed by atoms with Gasteiger partial charge in [-0.3, -0.25) is 4.89 Å². The van der Waals surface area contributed by atoms with Gasteiger partial charge in [-0.1, -0.05) is 6.92 Å². The fourth-order valence-electron chi connectivity index (χ4n) is 0.285. The van der Waals surface area contributed by atoms with Crippen molar-refractivity contribution >= 4 is 6.47 Å². The third-order valence-corrected chi connectivity index (χ3v) is 0.573. The van der Waals surface area contributed by atoms with E-state index in [0.717, 1.165) is 12.9 Å². The first-order valence-corrected chi connectivity index (χ1v) is 2.65. The van der Waals surface area contributed by atoms with E-state index in [-0.39, 0.29) is 6.79 Å². The summed E-state index contributed by atoms with van der Waals surface area (Å²) in [5.41, 5.74) is 0. The van der Waals surface area contributed by atoms with Crippen molar-refractivity contribution in [3.05, 3.63) is 0 Å². The highest BCUT2D eigenvalue weighted by Gasteiger charge is 1.84. The molecule has 4 nitrogen and oxygen atoms in total. The molecule has 0 rings (SSSR count). The molecule has 0 aromatic heterocycles. The minimum absolute atomic E-state index is 0.0247. The Labute approximate surface area is 53.6 Å². The van der Waals surface area contributed by atoms with Crippen molar-refractivity contribution in [2.75, 3.05) is 13.4 Å². The Bertz CT molecular complexity index is 64.0. The van der Waals surface area contributed by atoms with Gasteiger partial charge >= 0.3 is 6.47 Å². The van der Waals surface area contributed by atoms with E-state index in [1.54, 1.807) is 0 Å². The van der Waals surface area contributed by atoms with Gasteiger partial charge in [0.2, 0.25) is 0 Å². The van der Waals surface area contributed by atoms with Crippen LogP contribution in [0.2, 0.25) is 0 Å². The molecule has 4 heteroatoms. The number of ether oxygens (including phenoxy) is 1. The van der Waals surface area contributed by atoms with E-state index >= 15 is 0 Å². The lowest BCUT2D eigenvalue weighted by atomic mass is 10.5. The molecule has 9 heavy (non-hydrogen) atoms. The van der Waals surface area contributed by atoms with Gasteiger partial charge in [-0.05, 0) is 6.42 Å². The third kappa shape index (κ3) is 7.39. The molecule has 0 aromatic carbocycles. The van der Waals surface area contributed by atoms with Gasteiger partial charge in [0.05, 0.1) is 0 Å². The van der Waals surface area contributed by atoms with Crippen LogP contribution in [-0.2, 0) is 19.3 Å². The molecule has 0 spiro atoms. The quantitative estimate of drug-likeness (QED) is 0.227. The molecule has 0 saturated heterocycles. The smallest absolute Gasteiger partial charge is 0.351 e. The van der Waals surface area contributed by atoms with Crippen LogP contribution in [0.1, 0.15) is 13.3 Å². The Morgan fingerprint density at radius 1 is 1.56 bits per heavy atom. The van der Waals surface area contributed by atoms with Gasteiger partial charge in [0.1, 0.15) is 0 Å². The molecular weight excluding hydrogens is 124 g/mol. The molecule has 0 aliphatic rings. The summed E-state index contributed by atoms with van der Waals surface area (Å²) in [7, 11) is 0. The number of rotatable bonds is 6. The number of hydrogen-bond donors (Lipinski definition) is 0. The Morgan fingerprint density at radius 2 is 2.33 bits per heavy atom. The minimum Gasteiger partial charge on any atom is -0.351 e. The summed E-state index contributed by atoms with van der Waals surface area (Å²) in [5, 5.41) is 0. The van der Waals surface area contributed by atoms with E-state index in [9.17, 15) is 4.79 Å². The molecule has 0 unspecified atom stereocenters. The summed E-state index contributed by atoms with van der Waals surface area (Å²) in [5.74, 6) is 0. The summed E-state index contributed by atoms with van der Waals surface area (Å²) in [6.07, 6.45) is 0.911. The second-order valence-electron chi connectivity index (χ2n) is 1.31. The summed E-state index contributed by atoms with van der Waals surface area (Å²) in [6.45, 7) is 3.63. The highest BCUT2D eigenvalue weighted by molar-refractivity contribution is 5.36. The van der Waals surface area contributed by atoms with Gasteiger partial charge in [0.25, 0.3) is 0 Å². The molecular formula is C5H9O4. The molecule has 0 atom stereocenters. The van der Waals surface area contributed by atoms with Crippen molar-refractivity contribution in [1.29, 1.82) is 0 Å². The van der Waals surface area contributed by atoms with E-state index in [0.29, 0.717) is 6.61 Å². The molecule has 0 amide bonds. The Morgan fingerprint density at radius 3 is 2.89 bits per heavy atom. The largest absolute Gasteiger partial charge is 0.453 e. The maximum atomic E-state index is 9.31. The lowest BCUT2D eigenvalue weighted by Gasteiger charge is -1.97. The molecule has 0 N–H and O–H groups in total. The zero-order valence-electron chi connectivity index (χ0n) is 5.25. The first-order chi connectivity index (χ1) is 4.41. The molecule has 0 aliphatic heterocycles. The molecule has 53 valence electrons.